The molecule has 0 bridgehead atoms. The van der Waals surface area contributed by atoms with E-state index in [4.69, 9.17) is 4.74 Å². The van der Waals surface area contributed by atoms with Gasteiger partial charge in [0.2, 0.25) is 5.88 Å². The summed E-state index contributed by atoms with van der Waals surface area (Å²) in [5.41, 5.74) is -1.04. The molecule has 3 heterocycles. The van der Waals surface area contributed by atoms with E-state index in [1.54, 1.807) is 40.0 Å². The van der Waals surface area contributed by atoms with E-state index in [9.17, 15) is 27.9 Å². The maximum atomic E-state index is 13.9. The molecule has 11 heteroatoms. The summed E-state index contributed by atoms with van der Waals surface area (Å²) < 4.78 is 49.0. The minimum absolute atomic E-state index is 0.0669. The van der Waals surface area contributed by atoms with E-state index >= 15 is 0 Å². The first-order valence-corrected chi connectivity index (χ1v) is 12.6. The Kier molecular flexibility index (Phi) is 6.14. The SMILES string of the molecule is Cc1cc(F)cc(C)c1Oc1ncc(C(C)(C)O)cc1-c1cn(C)c(=O)c2[nH]c(C(=O)NC3(C)CC3(F)F)cc12. The third-order valence-corrected chi connectivity index (χ3v) is 7.33. The molecule has 3 aromatic heterocycles. The van der Waals surface area contributed by atoms with Crippen LogP contribution >= 0.6 is 0 Å². The van der Waals surface area contributed by atoms with Crippen LogP contribution in [0.2, 0.25) is 0 Å². The van der Waals surface area contributed by atoms with E-state index in [1.165, 1.54) is 42.9 Å². The number of aryl methyl sites for hydroxylation is 3. The number of H-pyrrole nitrogens is 1. The number of halogens is 3. The number of pyridine rings is 2. The van der Waals surface area contributed by atoms with E-state index in [0.717, 1.165) is 0 Å². The molecule has 1 saturated carbocycles. The van der Waals surface area contributed by atoms with Crippen LogP contribution in [0.3, 0.4) is 0 Å². The first-order chi connectivity index (χ1) is 18.5. The first-order valence-electron chi connectivity index (χ1n) is 12.6. The number of benzene rings is 1. The summed E-state index contributed by atoms with van der Waals surface area (Å²) in [7, 11) is 1.53. The van der Waals surface area contributed by atoms with Crippen molar-refractivity contribution in [3.63, 3.8) is 0 Å². The summed E-state index contributed by atoms with van der Waals surface area (Å²) in [6.45, 7) is 7.83. The van der Waals surface area contributed by atoms with E-state index in [1.807, 2.05) is 0 Å². The summed E-state index contributed by atoms with van der Waals surface area (Å²) in [5.74, 6) is -3.70. The van der Waals surface area contributed by atoms with Gasteiger partial charge in [0.25, 0.3) is 17.4 Å². The monoisotopic (exact) mass is 554 g/mol. The zero-order valence-electron chi connectivity index (χ0n) is 22.9. The summed E-state index contributed by atoms with van der Waals surface area (Å²) in [6, 6.07) is 5.74. The highest BCUT2D eigenvalue weighted by atomic mass is 19.3. The molecule has 1 atom stereocenters. The predicted molar refractivity (Wildman–Crippen MR) is 143 cm³/mol. The Balaban J connectivity index is 1.69. The maximum absolute atomic E-state index is 13.9. The number of carbonyl (C=O) groups is 1. The number of nitrogens with one attached hydrogen (secondary N) is 2. The highest BCUT2D eigenvalue weighted by molar-refractivity contribution is 6.03. The highest BCUT2D eigenvalue weighted by Gasteiger charge is 2.69. The number of alkyl halides is 2. The van der Waals surface area contributed by atoms with Gasteiger partial charge in [0.05, 0.1) is 5.60 Å². The minimum atomic E-state index is -3.01. The second-order valence-electron chi connectivity index (χ2n) is 11.2. The Morgan fingerprint density at radius 3 is 2.38 bits per heavy atom. The summed E-state index contributed by atoms with van der Waals surface area (Å²) in [6.07, 6.45) is 2.52. The standard InChI is InChI=1S/C29H29F3N4O4/c1-14-7-17(30)8-15(2)23(14)40-25-19(9-16(11-33-25)27(3,4)39)20-12-36(6)26(38)22-18(20)10-21(34-22)24(37)35-28(5)13-29(28,31)32/h7-12,34,39H,13H2,1-6H3,(H,35,37). The number of aromatic nitrogens is 3. The quantitative estimate of drug-likeness (QED) is 0.302. The van der Waals surface area contributed by atoms with Crippen molar-refractivity contribution >= 4 is 16.8 Å². The normalized spacial score (nSPS) is 18.1. The molecule has 1 aliphatic carbocycles. The molecule has 5 rings (SSSR count). The van der Waals surface area contributed by atoms with Gasteiger partial charge in [-0.3, -0.25) is 9.59 Å². The van der Waals surface area contributed by atoms with Gasteiger partial charge in [-0.15, -0.1) is 0 Å². The largest absolute Gasteiger partial charge is 0.438 e. The average molecular weight is 555 g/mol. The van der Waals surface area contributed by atoms with Crippen LogP contribution in [0.1, 0.15) is 54.4 Å². The summed E-state index contributed by atoms with van der Waals surface area (Å²) in [4.78, 5) is 33.2. The molecule has 40 heavy (non-hydrogen) atoms. The van der Waals surface area contributed by atoms with Crippen molar-refractivity contribution in [2.24, 2.45) is 7.05 Å². The van der Waals surface area contributed by atoms with Gasteiger partial charge in [0.1, 0.15) is 28.3 Å². The molecule has 1 aromatic carbocycles. The molecule has 210 valence electrons. The molecule has 0 spiro atoms. The van der Waals surface area contributed by atoms with Crippen LogP contribution in [-0.4, -0.2) is 37.0 Å². The zero-order valence-corrected chi connectivity index (χ0v) is 22.9. The van der Waals surface area contributed by atoms with Crippen LogP contribution in [0, 0.1) is 19.7 Å². The molecular weight excluding hydrogens is 525 g/mol. The molecule has 1 unspecified atom stereocenters. The Bertz CT molecular complexity index is 1730. The number of hydrogen-bond donors (Lipinski definition) is 3. The van der Waals surface area contributed by atoms with Gasteiger partial charge in [-0.05, 0) is 70.0 Å². The fourth-order valence-corrected chi connectivity index (χ4v) is 4.74. The molecular formula is C29H29F3N4O4. The molecule has 0 radical (unpaired) electrons. The van der Waals surface area contributed by atoms with Crippen molar-refractivity contribution in [3.05, 3.63) is 75.2 Å². The number of hydrogen-bond acceptors (Lipinski definition) is 5. The number of carbonyl (C=O) groups excluding carboxylic acids is 1. The fraction of sp³-hybridized carbons (Fsp3) is 0.345. The number of nitrogens with zero attached hydrogens (tertiary/aromatic N) is 2. The number of aromatic amines is 1. The lowest BCUT2D eigenvalue weighted by molar-refractivity contribution is 0.0709. The molecule has 4 aromatic rings. The lowest BCUT2D eigenvalue weighted by atomic mass is 9.96. The van der Waals surface area contributed by atoms with Gasteiger partial charge in [0.15, 0.2) is 0 Å². The van der Waals surface area contributed by atoms with E-state index in [0.29, 0.717) is 39.0 Å². The molecule has 0 aliphatic heterocycles. The van der Waals surface area contributed by atoms with E-state index < -0.39 is 40.8 Å². The number of aliphatic hydroxyl groups is 1. The van der Waals surface area contributed by atoms with Crippen LogP contribution in [0.4, 0.5) is 13.2 Å². The average Bonchev–Trinajstić information content (AvgIpc) is 3.15. The molecule has 1 amide bonds. The van der Waals surface area contributed by atoms with E-state index in [2.05, 4.69) is 15.3 Å². The van der Waals surface area contributed by atoms with Crippen LogP contribution in [0.5, 0.6) is 11.6 Å². The molecule has 1 fully saturated rings. The summed E-state index contributed by atoms with van der Waals surface area (Å²) in [5, 5.41) is 13.4. The van der Waals surface area contributed by atoms with Gasteiger partial charge in [-0.25, -0.2) is 18.2 Å². The van der Waals surface area contributed by atoms with Gasteiger partial charge in [0, 0.05) is 47.9 Å². The first kappa shape index (κ1) is 27.4. The van der Waals surface area contributed by atoms with Gasteiger partial charge in [-0.2, -0.15) is 0 Å². The lowest BCUT2D eigenvalue weighted by Crippen LogP contribution is -2.39. The van der Waals surface area contributed by atoms with E-state index in [-0.39, 0.29) is 17.1 Å². The molecule has 3 N–H and O–H groups in total. The topological polar surface area (TPSA) is 109 Å². The Hall–Kier alpha value is -4.12. The van der Waals surface area contributed by atoms with Crippen LogP contribution in [0.25, 0.3) is 22.0 Å². The Labute approximate surface area is 227 Å². The smallest absolute Gasteiger partial charge is 0.274 e. The number of fused-ring (bicyclic) bond motifs is 1. The van der Waals surface area contributed by atoms with Crippen LogP contribution in [0.15, 0.2) is 41.5 Å². The second kappa shape index (κ2) is 8.95. The fourth-order valence-electron chi connectivity index (χ4n) is 4.74. The zero-order chi connectivity index (χ0) is 29.4. The number of amides is 1. The van der Waals surface area contributed by atoms with Crippen molar-refractivity contribution in [2.45, 2.75) is 58.1 Å². The predicted octanol–water partition coefficient (Wildman–Crippen LogP) is 5.23. The Morgan fingerprint density at radius 1 is 1.18 bits per heavy atom. The van der Waals surface area contributed by atoms with Crippen LogP contribution in [-0.2, 0) is 12.6 Å². The van der Waals surface area contributed by atoms with Crippen molar-refractivity contribution in [1.29, 1.82) is 0 Å². The van der Waals surface area contributed by atoms with Crippen molar-refractivity contribution < 1.29 is 27.8 Å². The third-order valence-electron chi connectivity index (χ3n) is 7.33. The highest BCUT2D eigenvalue weighted by Crippen LogP contribution is 2.52. The van der Waals surface area contributed by atoms with Gasteiger partial charge >= 0.3 is 0 Å². The lowest BCUT2D eigenvalue weighted by Gasteiger charge is -2.21. The van der Waals surface area contributed by atoms with Crippen molar-refractivity contribution in [3.8, 4) is 22.8 Å². The van der Waals surface area contributed by atoms with Crippen LogP contribution < -0.4 is 15.6 Å². The molecule has 8 nitrogen and oxygen atoms in total. The van der Waals surface area contributed by atoms with Crippen molar-refractivity contribution in [2.75, 3.05) is 0 Å². The van der Waals surface area contributed by atoms with Gasteiger partial charge < -0.3 is 24.7 Å². The minimum Gasteiger partial charge on any atom is -0.438 e. The van der Waals surface area contributed by atoms with Crippen molar-refractivity contribution in [1.82, 2.24) is 19.9 Å². The maximum Gasteiger partial charge on any atom is 0.274 e. The summed E-state index contributed by atoms with van der Waals surface area (Å²) >= 11 is 0. The number of rotatable bonds is 6. The second-order valence-corrected chi connectivity index (χ2v) is 11.2. The Morgan fingerprint density at radius 2 is 1.80 bits per heavy atom. The van der Waals surface area contributed by atoms with Gasteiger partial charge in [-0.1, -0.05) is 0 Å². The third kappa shape index (κ3) is 4.64. The molecule has 0 saturated heterocycles. The number of ether oxygens (including phenoxy) is 1. The molecule has 1 aliphatic rings.